The lowest BCUT2D eigenvalue weighted by molar-refractivity contribution is -0.141. The van der Waals surface area contributed by atoms with Gasteiger partial charge in [-0.1, -0.05) is 0 Å². The molecule has 0 aromatic heterocycles. The first-order valence-corrected chi connectivity index (χ1v) is 5.49. The highest BCUT2D eigenvalue weighted by molar-refractivity contribution is 5.77. The number of carbonyl (C=O) groups is 2. The van der Waals surface area contributed by atoms with Crippen LogP contribution in [0, 0.1) is 0 Å². The van der Waals surface area contributed by atoms with Crippen molar-refractivity contribution < 1.29 is 19.1 Å². The van der Waals surface area contributed by atoms with E-state index < -0.39 is 0 Å². The molecule has 0 aromatic carbocycles. The van der Waals surface area contributed by atoms with Gasteiger partial charge in [-0.05, 0) is 0 Å². The summed E-state index contributed by atoms with van der Waals surface area (Å²) in [5, 5.41) is 0. The molecule has 6 nitrogen and oxygen atoms in total. The van der Waals surface area contributed by atoms with Crippen LogP contribution >= 0.6 is 0 Å². The van der Waals surface area contributed by atoms with Crippen LogP contribution in [0.4, 0.5) is 0 Å². The van der Waals surface area contributed by atoms with Gasteiger partial charge in [-0.15, -0.1) is 0 Å². The molecule has 0 rings (SSSR count). The van der Waals surface area contributed by atoms with Gasteiger partial charge in [0.2, 0.25) is 5.91 Å². The van der Waals surface area contributed by atoms with Crippen molar-refractivity contribution in [3.05, 3.63) is 0 Å². The van der Waals surface area contributed by atoms with E-state index >= 15 is 0 Å². The summed E-state index contributed by atoms with van der Waals surface area (Å²) in [6.07, 6.45) is 0.279. The van der Waals surface area contributed by atoms with Crippen molar-refractivity contribution in [3.8, 4) is 0 Å². The maximum atomic E-state index is 11.6. The summed E-state index contributed by atoms with van der Waals surface area (Å²) in [5.74, 6) is -0.268. The molecule has 0 bridgehead atoms. The van der Waals surface area contributed by atoms with Gasteiger partial charge in [0.15, 0.2) is 0 Å². The molecule has 0 fully saturated rings. The number of ether oxygens (including phenoxy) is 2. The first-order chi connectivity index (χ1) is 8.01. The van der Waals surface area contributed by atoms with E-state index in [9.17, 15) is 9.59 Å². The molecule has 0 radical (unpaired) electrons. The number of amides is 1. The van der Waals surface area contributed by atoms with Crippen LogP contribution < -0.4 is 0 Å². The van der Waals surface area contributed by atoms with E-state index in [0.717, 1.165) is 0 Å². The van der Waals surface area contributed by atoms with Crippen molar-refractivity contribution in [1.82, 2.24) is 9.80 Å². The lowest BCUT2D eigenvalue weighted by Crippen LogP contribution is -2.39. The SMILES string of the molecule is COCCN(CCC(=O)OC)CC(=O)N(C)C. The second-order valence-corrected chi connectivity index (χ2v) is 3.88. The Morgan fingerprint density at radius 3 is 2.24 bits per heavy atom. The molecule has 100 valence electrons. The predicted octanol–water partition coefficient (Wildman–Crippen LogP) is -0.414. The topological polar surface area (TPSA) is 59.1 Å². The van der Waals surface area contributed by atoms with E-state index in [1.807, 2.05) is 4.90 Å². The summed E-state index contributed by atoms with van der Waals surface area (Å²) < 4.78 is 9.53. The molecule has 0 saturated heterocycles. The summed E-state index contributed by atoms with van der Waals surface area (Å²) in [6.45, 7) is 1.93. The van der Waals surface area contributed by atoms with Crippen molar-refractivity contribution in [2.24, 2.45) is 0 Å². The van der Waals surface area contributed by atoms with Crippen LogP contribution in [0.25, 0.3) is 0 Å². The molecule has 0 aromatic rings. The molecule has 6 heteroatoms. The summed E-state index contributed by atoms with van der Waals surface area (Å²) in [6, 6.07) is 0. The second kappa shape index (κ2) is 8.95. The molecule has 17 heavy (non-hydrogen) atoms. The molecule has 0 spiro atoms. The number of carbonyl (C=O) groups excluding carboxylic acids is 2. The van der Waals surface area contributed by atoms with Crippen LogP contribution in [0.15, 0.2) is 0 Å². The lowest BCUT2D eigenvalue weighted by atomic mass is 10.3. The zero-order valence-corrected chi connectivity index (χ0v) is 11.1. The quantitative estimate of drug-likeness (QED) is 0.545. The van der Waals surface area contributed by atoms with E-state index in [4.69, 9.17) is 4.74 Å². The molecule has 0 atom stereocenters. The van der Waals surface area contributed by atoms with Gasteiger partial charge in [0.1, 0.15) is 0 Å². The van der Waals surface area contributed by atoms with E-state index in [0.29, 0.717) is 19.7 Å². The third kappa shape index (κ3) is 7.70. The van der Waals surface area contributed by atoms with Crippen molar-refractivity contribution in [2.75, 3.05) is 54.6 Å². The van der Waals surface area contributed by atoms with E-state index in [-0.39, 0.29) is 24.8 Å². The first kappa shape index (κ1) is 15.9. The molecular weight excluding hydrogens is 224 g/mol. The van der Waals surface area contributed by atoms with E-state index in [2.05, 4.69) is 4.74 Å². The number of hydrogen-bond acceptors (Lipinski definition) is 5. The summed E-state index contributed by atoms with van der Waals surface area (Å²) >= 11 is 0. The fraction of sp³-hybridized carbons (Fsp3) is 0.818. The standard InChI is InChI=1S/C11H22N2O4/c1-12(2)10(14)9-13(7-8-16-3)6-5-11(15)17-4/h5-9H2,1-4H3. The van der Waals surface area contributed by atoms with Gasteiger partial charge in [-0.3, -0.25) is 14.5 Å². The Morgan fingerprint density at radius 1 is 1.12 bits per heavy atom. The Labute approximate surface area is 102 Å². The van der Waals surface area contributed by atoms with Crippen LogP contribution in [0.2, 0.25) is 0 Å². The Morgan fingerprint density at radius 2 is 1.76 bits per heavy atom. The smallest absolute Gasteiger partial charge is 0.306 e. The number of likely N-dealkylation sites (N-methyl/N-ethyl adjacent to an activating group) is 1. The normalized spacial score (nSPS) is 10.4. The van der Waals surface area contributed by atoms with Gasteiger partial charge in [0.05, 0.1) is 26.7 Å². The van der Waals surface area contributed by atoms with Gasteiger partial charge in [0.25, 0.3) is 0 Å². The monoisotopic (exact) mass is 246 g/mol. The predicted molar refractivity (Wildman–Crippen MR) is 63.6 cm³/mol. The minimum absolute atomic E-state index is 0.00553. The van der Waals surface area contributed by atoms with Crippen molar-refractivity contribution >= 4 is 11.9 Å². The third-order valence-corrected chi connectivity index (χ3v) is 2.33. The molecule has 0 aliphatic rings. The largest absolute Gasteiger partial charge is 0.469 e. The Balaban J connectivity index is 4.13. The van der Waals surface area contributed by atoms with Crippen LogP contribution in [0.3, 0.4) is 0 Å². The lowest BCUT2D eigenvalue weighted by Gasteiger charge is -2.22. The van der Waals surface area contributed by atoms with Crippen LogP contribution in [-0.4, -0.2) is 76.2 Å². The van der Waals surface area contributed by atoms with Crippen LogP contribution in [0.5, 0.6) is 0 Å². The molecule has 0 N–H and O–H groups in total. The van der Waals surface area contributed by atoms with Crippen molar-refractivity contribution in [1.29, 1.82) is 0 Å². The molecule has 1 amide bonds. The number of rotatable bonds is 8. The van der Waals surface area contributed by atoms with Gasteiger partial charge in [-0.2, -0.15) is 0 Å². The van der Waals surface area contributed by atoms with Gasteiger partial charge < -0.3 is 14.4 Å². The first-order valence-electron chi connectivity index (χ1n) is 5.49. The van der Waals surface area contributed by atoms with Crippen molar-refractivity contribution in [3.63, 3.8) is 0 Å². The average Bonchev–Trinajstić information content (AvgIpc) is 2.31. The highest BCUT2D eigenvalue weighted by Crippen LogP contribution is 1.95. The second-order valence-electron chi connectivity index (χ2n) is 3.88. The minimum atomic E-state index is -0.273. The highest BCUT2D eigenvalue weighted by Gasteiger charge is 2.13. The fourth-order valence-corrected chi connectivity index (χ4v) is 1.17. The Kier molecular flexibility index (Phi) is 8.35. The zero-order chi connectivity index (χ0) is 13.3. The van der Waals surface area contributed by atoms with E-state index in [1.54, 1.807) is 21.2 Å². The Hall–Kier alpha value is -1.14. The number of hydrogen-bond donors (Lipinski definition) is 0. The molecular formula is C11H22N2O4. The minimum Gasteiger partial charge on any atom is -0.469 e. The molecule has 0 saturated carbocycles. The number of esters is 1. The average molecular weight is 246 g/mol. The highest BCUT2D eigenvalue weighted by atomic mass is 16.5. The summed E-state index contributed by atoms with van der Waals surface area (Å²) in [4.78, 5) is 26.0. The van der Waals surface area contributed by atoms with Gasteiger partial charge in [0, 0.05) is 34.3 Å². The Bertz CT molecular complexity index is 244. The summed E-state index contributed by atoms with van der Waals surface area (Å²) in [5.41, 5.74) is 0. The van der Waals surface area contributed by atoms with Gasteiger partial charge in [-0.25, -0.2) is 0 Å². The molecule has 0 aliphatic carbocycles. The summed E-state index contributed by atoms with van der Waals surface area (Å²) in [7, 11) is 6.37. The molecule has 0 aliphatic heterocycles. The van der Waals surface area contributed by atoms with Crippen LogP contribution in [-0.2, 0) is 19.1 Å². The maximum Gasteiger partial charge on any atom is 0.306 e. The maximum absolute atomic E-state index is 11.6. The zero-order valence-electron chi connectivity index (χ0n) is 11.1. The number of methoxy groups -OCH3 is 2. The third-order valence-electron chi connectivity index (χ3n) is 2.33. The molecule has 0 heterocycles. The van der Waals surface area contributed by atoms with Crippen LogP contribution in [0.1, 0.15) is 6.42 Å². The van der Waals surface area contributed by atoms with E-state index in [1.165, 1.54) is 12.0 Å². The van der Waals surface area contributed by atoms with Gasteiger partial charge >= 0.3 is 5.97 Å². The van der Waals surface area contributed by atoms with Crippen molar-refractivity contribution in [2.45, 2.75) is 6.42 Å². The number of nitrogens with zero attached hydrogens (tertiary/aromatic N) is 2. The molecule has 0 unspecified atom stereocenters. The fourth-order valence-electron chi connectivity index (χ4n) is 1.17.